The van der Waals surface area contributed by atoms with Crippen LogP contribution in [0.4, 0.5) is 11.4 Å². The Hall–Kier alpha value is -3.50. The van der Waals surface area contributed by atoms with E-state index in [1.807, 2.05) is 0 Å². The number of fused-ring (bicyclic) bond motifs is 1. The van der Waals surface area contributed by atoms with Crippen LogP contribution in [-0.4, -0.2) is 28.9 Å². The Morgan fingerprint density at radius 2 is 1.79 bits per heavy atom. The molecule has 0 unspecified atom stereocenters. The van der Waals surface area contributed by atoms with E-state index in [0.717, 1.165) is 12.1 Å². The van der Waals surface area contributed by atoms with Gasteiger partial charge in [-0.15, -0.1) is 0 Å². The first-order valence-electron chi connectivity index (χ1n) is 7.87. The molecule has 0 spiro atoms. The molecule has 0 saturated heterocycles. The number of nitro groups is 1. The molecular formula is C18H14N2O7S. The van der Waals surface area contributed by atoms with Crippen molar-refractivity contribution in [3.8, 4) is 5.75 Å². The molecule has 1 amide bonds. The molecule has 10 heteroatoms. The van der Waals surface area contributed by atoms with E-state index in [1.165, 1.54) is 30.3 Å². The molecule has 0 bridgehead atoms. The molecule has 0 aromatic heterocycles. The number of carbonyl (C=O) groups is 1. The van der Waals surface area contributed by atoms with Crippen molar-refractivity contribution in [3.05, 3.63) is 69.8 Å². The second-order valence-electron chi connectivity index (χ2n) is 6.05. The van der Waals surface area contributed by atoms with Crippen LogP contribution in [0.25, 0.3) is 10.8 Å². The molecule has 0 radical (unpaired) electrons. The van der Waals surface area contributed by atoms with Gasteiger partial charge in [0.2, 0.25) is 0 Å². The smallest absolute Gasteiger partial charge is 0.295 e. The second kappa shape index (κ2) is 6.91. The number of hydrogen-bond donors (Lipinski definition) is 3. The van der Waals surface area contributed by atoms with Gasteiger partial charge in [-0.1, -0.05) is 6.07 Å². The largest absolute Gasteiger partial charge is 0.507 e. The van der Waals surface area contributed by atoms with Crippen LogP contribution in [0.3, 0.4) is 0 Å². The highest BCUT2D eigenvalue weighted by Gasteiger charge is 2.21. The van der Waals surface area contributed by atoms with Gasteiger partial charge in [-0.3, -0.25) is 19.5 Å². The normalized spacial score (nSPS) is 11.4. The SMILES string of the molecule is Cc1ccc(C(=O)Nc2ccc3c(O)ccc(S(=O)(=O)O)c3c2)c([N+](=O)[O-])c1. The average Bonchev–Trinajstić information content (AvgIpc) is 2.60. The van der Waals surface area contributed by atoms with Gasteiger partial charge in [0, 0.05) is 22.5 Å². The highest BCUT2D eigenvalue weighted by molar-refractivity contribution is 7.86. The summed E-state index contributed by atoms with van der Waals surface area (Å²) < 4.78 is 32.5. The molecule has 3 N–H and O–H groups in total. The van der Waals surface area contributed by atoms with Crippen LogP contribution >= 0.6 is 0 Å². The molecule has 3 aromatic carbocycles. The highest BCUT2D eigenvalue weighted by Crippen LogP contribution is 2.32. The minimum Gasteiger partial charge on any atom is -0.507 e. The van der Waals surface area contributed by atoms with Gasteiger partial charge in [0.05, 0.1) is 4.92 Å². The Morgan fingerprint density at radius 3 is 2.43 bits per heavy atom. The predicted octanol–water partition coefficient (Wildman–Crippen LogP) is 3.26. The third-order valence-corrected chi connectivity index (χ3v) is 5.00. The molecule has 0 aliphatic heterocycles. The molecule has 0 aliphatic carbocycles. The van der Waals surface area contributed by atoms with Crippen LogP contribution in [0, 0.1) is 17.0 Å². The topological polar surface area (TPSA) is 147 Å². The maximum absolute atomic E-state index is 12.5. The first-order chi connectivity index (χ1) is 13.1. The van der Waals surface area contributed by atoms with Crippen LogP contribution < -0.4 is 5.32 Å². The third kappa shape index (κ3) is 3.63. The molecule has 0 atom stereocenters. The van der Waals surface area contributed by atoms with E-state index in [4.69, 9.17) is 0 Å². The van der Waals surface area contributed by atoms with Crippen molar-refractivity contribution in [3.63, 3.8) is 0 Å². The summed E-state index contributed by atoms with van der Waals surface area (Å²) in [6.45, 7) is 1.65. The van der Waals surface area contributed by atoms with Gasteiger partial charge >= 0.3 is 0 Å². The highest BCUT2D eigenvalue weighted by atomic mass is 32.2. The first-order valence-corrected chi connectivity index (χ1v) is 9.31. The van der Waals surface area contributed by atoms with Gasteiger partial charge in [-0.25, -0.2) is 0 Å². The Labute approximate surface area is 159 Å². The standard InChI is InChI=1S/C18H14N2O7S/c1-10-2-4-13(15(8-10)20(23)24)18(22)19-11-3-5-12-14(9-11)17(28(25,26)27)7-6-16(12)21/h2-9,21H,1H3,(H,19,22)(H,25,26,27). The summed E-state index contributed by atoms with van der Waals surface area (Å²) >= 11 is 0. The van der Waals surface area contributed by atoms with Crippen LogP contribution in [-0.2, 0) is 10.1 Å². The third-order valence-electron chi connectivity index (χ3n) is 4.08. The van der Waals surface area contributed by atoms with E-state index in [9.17, 15) is 33.0 Å². The van der Waals surface area contributed by atoms with Gasteiger partial charge in [-0.2, -0.15) is 8.42 Å². The van der Waals surface area contributed by atoms with Crippen molar-refractivity contribution >= 4 is 38.2 Å². The van der Waals surface area contributed by atoms with Crippen LogP contribution in [0.5, 0.6) is 5.75 Å². The number of amides is 1. The molecule has 144 valence electrons. The number of phenolic OH excluding ortho intramolecular Hbond substituents is 1. The number of nitrogens with zero attached hydrogens (tertiary/aromatic N) is 1. The quantitative estimate of drug-likeness (QED) is 0.345. The number of phenols is 1. The number of aromatic hydroxyl groups is 1. The number of benzene rings is 3. The van der Waals surface area contributed by atoms with Gasteiger partial charge in [0.1, 0.15) is 16.2 Å². The molecule has 0 heterocycles. The number of anilines is 1. The van der Waals surface area contributed by atoms with E-state index in [-0.39, 0.29) is 33.5 Å². The first kappa shape index (κ1) is 19.3. The lowest BCUT2D eigenvalue weighted by molar-refractivity contribution is -0.385. The Morgan fingerprint density at radius 1 is 1.07 bits per heavy atom. The summed E-state index contributed by atoms with van der Waals surface area (Å²) in [5.41, 5.74) is 0.210. The minimum absolute atomic E-state index is 0.0151. The van der Waals surface area contributed by atoms with E-state index in [0.29, 0.717) is 5.56 Å². The number of carbonyl (C=O) groups excluding carboxylic acids is 1. The van der Waals surface area contributed by atoms with E-state index in [1.54, 1.807) is 13.0 Å². The van der Waals surface area contributed by atoms with Crippen LogP contribution in [0.2, 0.25) is 0 Å². The molecule has 3 aromatic rings. The Bertz CT molecular complexity index is 1240. The Kier molecular flexibility index (Phi) is 4.75. The molecule has 0 fully saturated rings. The number of aryl methyl sites for hydroxylation is 1. The van der Waals surface area contributed by atoms with Gasteiger partial charge < -0.3 is 10.4 Å². The van der Waals surface area contributed by atoms with Crippen molar-refractivity contribution in [2.75, 3.05) is 5.32 Å². The van der Waals surface area contributed by atoms with Gasteiger partial charge in [0.15, 0.2) is 0 Å². The molecule has 0 saturated carbocycles. The summed E-state index contributed by atoms with van der Waals surface area (Å²) in [5, 5.41) is 23.7. The predicted molar refractivity (Wildman–Crippen MR) is 101 cm³/mol. The zero-order valence-electron chi connectivity index (χ0n) is 14.4. The van der Waals surface area contributed by atoms with E-state index < -0.39 is 25.8 Å². The van der Waals surface area contributed by atoms with E-state index >= 15 is 0 Å². The lowest BCUT2D eigenvalue weighted by atomic mass is 10.1. The van der Waals surface area contributed by atoms with Crippen LogP contribution in [0.15, 0.2) is 53.4 Å². The average molecular weight is 402 g/mol. The second-order valence-corrected chi connectivity index (χ2v) is 7.44. The van der Waals surface area contributed by atoms with Crippen molar-refractivity contribution in [1.29, 1.82) is 0 Å². The maximum Gasteiger partial charge on any atom is 0.295 e. The molecular weight excluding hydrogens is 388 g/mol. The van der Waals surface area contributed by atoms with Gasteiger partial charge in [0.25, 0.3) is 21.7 Å². The number of hydrogen-bond acceptors (Lipinski definition) is 6. The summed E-state index contributed by atoms with van der Waals surface area (Å²) in [5.74, 6) is -0.978. The molecule has 28 heavy (non-hydrogen) atoms. The summed E-state index contributed by atoms with van der Waals surface area (Å²) in [7, 11) is -4.58. The fraction of sp³-hybridized carbons (Fsp3) is 0.0556. The minimum atomic E-state index is -4.58. The molecule has 9 nitrogen and oxygen atoms in total. The fourth-order valence-corrected chi connectivity index (χ4v) is 3.48. The van der Waals surface area contributed by atoms with E-state index in [2.05, 4.69) is 5.32 Å². The van der Waals surface area contributed by atoms with Gasteiger partial charge in [-0.05, 0) is 48.9 Å². The molecule has 3 rings (SSSR count). The lowest BCUT2D eigenvalue weighted by Crippen LogP contribution is -2.14. The van der Waals surface area contributed by atoms with Crippen molar-refractivity contribution in [1.82, 2.24) is 0 Å². The fourth-order valence-electron chi connectivity index (χ4n) is 2.79. The zero-order chi connectivity index (χ0) is 20.6. The monoisotopic (exact) mass is 402 g/mol. The molecule has 0 aliphatic rings. The van der Waals surface area contributed by atoms with Crippen molar-refractivity contribution in [2.24, 2.45) is 0 Å². The number of nitrogens with one attached hydrogen (secondary N) is 1. The van der Waals surface area contributed by atoms with Crippen molar-refractivity contribution < 1.29 is 27.8 Å². The summed E-state index contributed by atoms with van der Waals surface area (Å²) in [4.78, 5) is 22.6. The lowest BCUT2D eigenvalue weighted by Gasteiger charge is -2.10. The van der Waals surface area contributed by atoms with Crippen LogP contribution in [0.1, 0.15) is 15.9 Å². The zero-order valence-corrected chi connectivity index (χ0v) is 15.2. The Balaban J connectivity index is 2.07. The van der Waals surface area contributed by atoms with Crippen molar-refractivity contribution in [2.45, 2.75) is 11.8 Å². The maximum atomic E-state index is 12.5. The summed E-state index contributed by atoms with van der Waals surface area (Å²) in [6.07, 6.45) is 0. The summed E-state index contributed by atoms with van der Waals surface area (Å²) in [6, 6.07) is 10.3. The number of nitro benzene ring substituents is 1. The number of rotatable bonds is 4.